The number of aryl methyl sites for hydroxylation is 1. The second-order valence-electron chi connectivity index (χ2n) is 5.80. The number of hydrogen-bond donors (Lipinski definition) is 0. The fraction of sp³-hybridized carbons (Fsp3) is 0.500. The van der Waals surface area contributed by atoms with Crippen molar-refractivity contribution in [3.05, 3.63) is 48.3 Å². The molecule has 0 aliphatic carbocycles. The van der Waals surface area contributed by atoms with Gasteiger partial charge in [-0.2, -0.15) is 0 Å². The van der Waals surface area contributed by atoms with E-state index in [2.05, 4.69) is 32.5 Å². The molecule has 1 fully saturated rings. The number of rotatable bonds is 4. The number of likely N-dealkylation sites (tertiary alicyclic amines) is 1. The first-order valence-corrected chi connectivity index (χ1v) is 7.38. The minimum Gasteiger partial charge on any atom is -0.337 e. The van der Waals surface area contributed by atoms with Gasteiger partial charge in [0.05, 0.1) is 12.0 Å². The Morgan fingerprint density at radius 2 is 2.25 bits per heavy atom. The lowest BCUT2D eigenvalue weighted by molar-refractivity contribution is 0.164. The van der Waals surface area contributed by atoms with E-state index in [4.69, 9.17) is 0 Å². The van der Waals surface area contributed by atoms with Gasteiger partial charge in [0.15, 0.2) is 0 Å². The van der Waals surface area contributed by atoms with Crippen LogP contribution in [-0.2, 0) is 20.0 Å². The summed E-state index contributed by atoms with van der Waals surface area (Å²) in [4.78, 5) is 11.0. The fourth-order valence-corrected chi connectivity index (χ4v) is 3.08. The summed E-state index contributed by atoms with van der Waals surface area (Å²) in [7, 11) is 2.07. The minimum atomic E-state index is 0.751. The second-order valence-corrected chi connectivity index (χ2v) is 5.80. The van der Waals surface area contributed by atoms with Gasteiger partial charge in [0.1, 0.15) is 0 Å². The Balaban J connectivity index is 1.58. The van der Waals surface area contributed by atoms with Gasteiger partial charge in [-0.1, -0.05) is 6.07 Å². The van der Waals surface area contributed by atoms with E-state index in [-0.39, 0.29) is 0 Å². The predicted octanol–water partition coefficient (Wildman–Crippen LogP) is 2.27. The zero-order chi connectivity index (χ0) is 13.8. The largest absolute Gasteiger partial charge is 0.337 e. The summed E-state index contributed by atoms with van der Waals surface area (Å²) in [6.45, 7) is 3.40. The molecule has 4 heteroatoms. The summed E-state index contributed by atoms with van der Waals surface area (Å²) in [5, 5.41) is 0. The Bertz CT molecular complexity index is 534. The summed E-state index contributed by atoms with van der Waals surface area (Å²) in [5.41, 5.74) is 2.66. The first-order chi connectivity index (χ1) is 9.81. The molecule has 1 aliphatic rings. The van der Waals surface area contributed by atoms with E-state index in [1.54, 1.807) is 0 Å². The highest BCUT2D eigenvalue weighted by atomic mass is 15.2. The Morgan fingerprint density at radius 3 is 3.00 bits per heavy atom. The Labute approximate surface area is 120 Å². The maximum atomic E-state index is 4.22. The quantitative estimate of drug-likeness (QED) is 0.854. The van der Waals surface area contributed by atoms with Crippen molar-refractivity contribution in [2.24, 2.45) is 13.0 Å². The highest BCUT2D eigenvalue weighted by Crippen LogP contribution is 2.21. The first-order valence-electron chi connectivity index (χ1n) is 7.38. The highest BCUT2D eigenvalue weighted by molar-refractivity contribution is 5.09. The smallest absolute Gasteiger partial charge is 0.0945 e. The van der Waals surface area contributed by atoms with Gasteiger partial charge in [0.2, 0.25) is 0 Å². The van der Waals surface area contributed by atoms with Gasteiger partial charge in [-0.3, -0.25) is 9.88 Å². The average molecular weight is 270 g/mol. The molecular formula is C16H22N4. The lowest BCUT2D eigenvalue weighted by atomic mass is 9.92. The van der Waals surface area contributed by atoms with E-state index in [9.17, 15) is 0 Å². The number of piperidine rings is 1. The molecule has 1 atom stereocenters. The standard InChI is InChI=1S/C16H22N4/c1-19-13-18-10-16(19)12-20-7-3-5-15(11-20)8-14-4-2-6-17-9-14/h2,4,6,9-10,13,15H,3,5,7-8,11-12H2,1H3. The van der Waals surface area contributed by atoms with Crippen LogP contribution in [0.5, 0.6) is 0 Å². The van der Waals surface area contributed by atoms with Crippen molar-refractivity contribution in [3.8, 4) is 0 Å². The van der Waals surface area contributed by atoms with Crippen LogP contribution in [0.4, 0.5) is 0 Å². The Kier molecular flexibility index (Phi) is 4.11. The van der Waals surface area contributed by atoms with Crippen LogP contribution in [0.15, 0.2) is 37.1 Å². The molecule has 20 heavy (non-hydrogen) atoms. The van der Waals surface area contributed by atoms with Crippen LogP contribution in [0, 0.1) is 5.92 Å². The average Bonchev–Trinajstić information content (AvgIpc) is 2.86. The number of aromatic nitrogens is 3. The molecule has 3 heterocycles. The molecule has 2 aromatic rings. The predicted molar refractivity (Wildman–Crippen MR) is 79.2 cm³/mol. The van der Waals surface area contributed by atoms with Crippen molar-refractivity contribution >= 4 is 0 Å². The van der Waals surface area contributed by atoms with Crippen LogP contribution in [-0.4, -0.2) is 32.5 Å². The van der Waals surface area contributed by atoms with Crippen molar-refractivity contribution in [1.82, 2.24) is 19.4 Å². The fourth-order valence-electron chi connectivity index (χ4n) is 3.08. The molecule has 0 N–H and O–H groups in total. The number of imidazole rings is 1. The summed E-state index contributed by atoms with van der Waals surface area (Å²) >= 11 is 0. The molecule has 1 saturated heterocycles. The van der Waals surface area contributed by atoms with Crippen molar-refractivity contribution in [2.45, 2.75) is 25.8 Å². The Morgan fingerprint density at radius 1 is 1.30 bits per heavy atom. The molecule has 1 aliphatic heterocycles. The van der Waals surface area contributed by atoms with Crippen LogP contribution in [0.3, 0.4) is 0 Å². The van der Waals surface area contributed by atoms with Gasteiger partial charge < -0.3 is 4.57 Å². The third kappa shape index (κ3) is 3.25. The van der Waals surface area contributed by atoms with Crippen LogP contribution < -0.4 is 0 Å². The molecule has 4 nitrogen and oxygen atoms in total. The number of nitrogens with zero attached hydrogens (tertiary/aromatic N) is 4. The summed E-state index contributed by atoms with van der Waals surface area (Å²) in [6, 6.07) is 4.22. The third-order valence-electron chi connectivity index (χ3n) is 4.15. The maximum absolute atomic E-state index is 4.22. The van der Waals surface area contributed by atoms with E-state index >= 15 is 0 Å². The van der Waals surface area contributed by atoms with Gasteiger partial charge in [-0.15, -0.1) is 0 Å². The monoisotopic (exact) mass is 270 g/mol. The summed E-state index contributed by atoms with van der Waals surface area (Å²) in [5.74, 6) is 0.751. The van der Waals surface area contributed by atoms with Crippen molar-refractivity contribution in [3.63, 3.8) is 0 Å². The van der Waals surface area contributed by atoms with Crippen LogP contribution >= 0.6 is 0 Å². The van der Waals surface area contributed by atoms with E-state index in [1.807, 2.05) is 31.0 Å². The third-order valence-corrected chi connectivity index (χ3v) is 4.15. The van der Waals surface area contributed by atoms with Crippen LogP contribution in [0.25, 0.3) is 0 Å². The normalized spacial score (nSPS) is 20.1. The lowest BCUT2D eigenvalue weighted by Gasteiger charge is -2.32. The molecule has 0 radical (unpaired) electrons. The zero-order valence-corrected chi connectivity index (χ0v) is 12.1. The van der Waals surface area contributed by atoms with Crippen molar-refractivity contribution in [1.29, 1.82) is 0 Å². The summed E-state index contributed by atoms with van der Waals surface area (Å²) in [6.07, 6.45) is 11.5. The number of pyridine rings is 1. The zero-order valence-electron chi connectivity index (χ0n) is 12.1. The highest BCUT2D eigenvalue weighted by Gasteiger charge is 2.20. The Hall–Kier alpha value is -1.68. The van der Waals surface area contributed by atoms with Crippen LogP contribution in [0.2, 0.25) is 0 Å². The molecular weight excluding hydrogens is 248 g/mol. The van der Waals surface area contributed by atoms with E-state index in [0.717, 1.165) is 18.9 Å². The number of hydrogen-bond acceptors (Lipinski definition) is 3. The SMILES string of the molecule is Cn1cncc1CN1CCCC(Cc2cccnc2)C1. The molecule has 0 aromatic carbocycles. The van der Waals surface area contributed by atoms with E-state index in [0.29, 0.717) is 0 Å². The summed E-state index contributed by atoms with van der Waals surface area (Å²) < 4.78 is 2.12. The molecule has 0 spiro atoms. The molecule has 106 valence electrons. The minimum absolute atomic E-state index is 0.751. The van der Waals surface area contributed by atoms with Crippen molar-refractivity contribution < 1.29 is 0 Å². The first kappa shape index (κ1) is 13.3. The van der Waals surface area contributed by atoms with Gasteiger partial charge in [0.25, 0.3) is 0 Å². The van der Waals surface area contributed by atoms with Crippen LogP contribution in [0.1, 0.15) is 24.1 Å². The van der Waals surface area contributed by atoms with Gasteiger partial charge >= 0.3 is 0 Å². The molecule has 0 bridgehead atoms. The molecule has 0 amide bonds. The van der Waals surface area contributed by atoms with E-state index in [1.165, 1.54) is 37.2 Å². The molecule has 3 rings (SSSR count). The second kappa shape index (κ2) is 6.18. The maximum Gasteiger partial charge on any atom is 0.0945 e. The van der Waals surface area contributed by atoms with Gasteiger partial charge in [-0.25, -0.2) is 4.98 Å². The molecule has 1 unspecified atom stereocenters. The van der Waals surface area contributed by atoms with Crippen molar-refractivity contribution in [2.75, 3.05) is 13.1 Å². The molecule has 2 aromatic heterocycles. The topological polar surface area (TPSA) is 34.0 Å². The lowest BCUT2D eigenvalue weighted by Crippen LogP contribution is -2.36. The molecule has 0 saturated carbocycles. The van der Waals surface area contributed by atoms with E-state index < -0.39 is 0 Å². The van der Waals surface area contributed by atoms with Gasteiger partial charge in [0, 0.05) is 38.7 Å². The van der Waals surface area contributed by atoms with Gasteiger partial charge in [-0.05, 0) is 43.4 Å².